The zero-order valence-electron chi connectivity index (χ0n) is 9.34. The van der Waals surface area contributed by atoms with Gasteiger partial charge >= 0.3 is 6.03 Å². The second kappa shape index (κ2) is 5.16. The Labute approximate surface area is 99.6 Å². The SMILES string of the molecule is NC(=O)N/N=C/C=C(/c1ccccc1)N1CC1. The highest BCUT2D eigenvalue weighted by Crippen LogP contribution is 2.24. The number of nitrogens with two attached hydrogens (primary N) is 1. The highest BCUT2D eigenvalue weighted by atomic mass is 16.2. The molecule has 3 N–H and O–H groups in total. The van der Waals surface area contributed by atoms with E-state index in [0.717, 1.165) is 24.4 Å². The minimum atomic E-state index is -0.664. The average molecular weight is 230 g/mol. The van der Waals surface area contributed by atoms with Crippen molar-refractivity contribution in [3.8, 4) is 0 Å². The molecular formula is C12H14N4O. The number of hydrogen-bond donors (Lipinski definition) is 2. The van der Waals surface area contributed by atoms with E-state index in [4.69, 9.17) is 5.73 Å². The summed E-state index contributed by atoms with van der Waals surface area (Å²) in [7, 11) is 0. The second-order valence-corrected chi connectivity index (χ2v) is 3.66. The van der Waals surface area contributed by atoms with Crippen LogP contribution in [0.25, 0.3) is 5.70 Å². The van der Waals surface area contributed by atoms with Gasteiger partial charge in [-0.1, -0.05) is 30.3 Å². The Balaban J connectivity index is 2.10. The summed E-state index contributed by atoms with van der Waals surface area (Å²) < 4.78 is 0. The summed E-state index contributed by atoms with van der Waals surface area (Å²) in [4.78, 5) is 12.6. The molecule has 2 amide bonds. The Bertz CT molecular complexity index is 449. The van der Waals surface area contributed by atoms with E-state index in [9.17, 15) is 4.79 Å². The number of rotatable bonds is 4. The lowest BCUT2D eigenvalue weighted by Gasteiger charge is -2.07. The molecule has 0 saturated carbocycles. The smallest absolute Gasteiger partial charge is 0.332 e. The first kappa shape index (κ1) is 11.2. The number of primary amides is 1. The molecule has 0 aromatic heterocycles. The average Bonchev–Trinajstić information content (AvgIpc) is 3.14. The Morgan fingerprint density at radius 3 is 2.65 bits per heavy atom. The molecule has 1 aliphatic rings. The van der Waals surface area contributed by atoms with Crippen molar-refractivity contribution in [3.05, 3.63) is 42.0 Å². The van der Waals surface area contributed by atoms with Gasteiger partial charge in [-0.25, -0.2) is 10.2 Å². The monoisotopic (exact) mass is 230 g/mol. The first-order valence-electron chi connectivity index (χ1n) is 5.36. The minimum absolute atomic E-state index is 0.664. The molecule has 88 valence electrons. The molecule has 2 rings (SSSR count). The second-order valence-electron chi connectivity index (χ2n) is 3.66. The zero-order valence-corrected chi connectivity index (χ0v) is 9.34. The summed E-state index contributed by atoms with van der Waals surface area (Å²) in [5.41, 5.74) is 9.29. The van der Waals surface area contributed by atoms with Crippen molar-refractivity contribution in [1.29, 1.82) is 0 Å². The number of carbonyl (C=O) groups is 1. The van der Waals surface area contributed by atoms with Crippen molar-refractivity contribution in [1.82, 2.24) is 10.3 Å². The van der Waals surface area contributed by atoms with E-state index in [1.807, 2.05) is 36.4 Å². The largest absolute Gasteiger partial charge is 0.367 e. The van der Waals surface area contributed by atoms with Crippen molar-refractivity contribution in [2.75, 3.05) is 13.1 Å². The van der Waals surface area contributed by atoms with E-state index in [1.54, 1.807) is 0 Å². The number of nitrogens with zero attached hydrogens (tertiary/aromatic N) is 2. The van der Waals surface area contributed by atoms with Crippen LogP contribution in [0.5, 0.6) is 0 Å². The van der Waals surface area contributed by atoms with Crippen LogP contribution in [-0.4, -0.2) is 30.2 Å². The molecule has 5 nitrogen and oxygen atoms in total. The maximum atomic E-state index is 10.4. The summed E-state index contributed by atoms with van der Waals surface area (Å²) in [5, 5.41) is 3.69. The van der Waals surface area contributed by atoms with E-state index in [1.165, 1.54) is 6.21 Å². The third kappa shape index (κ3) is 3.34. The fraction of sp³-hybridized carbons (Fsp3) is 0.167. The van der Waals surface area contributed by atoms with Gasteiger partial charge in [-0.2, -0.15) is 5.10 Å². The van der Waals surface area contributed by atoms with Crippen LogP contribution < -0.4 is 11.2 Å². The van der Waals surface area contributed by atoms with E-state index in [2.05, 4.69) is 15.4 Å². The van der Waals surface area contributed by atoms with Crippen LogP contribution in [0.2, 0.25) is 0 Å². The van der Waals surface area contributed by atoms with E-state index in [-0.39, 0.29) is 0 Å². The number of carbonyl (C=O) groups excluding carboxylic acids is 1. The lowest BCUT2D eigenvalue weighted by atomic mass is 10.1. The molecular weight excluding hydrogens is 216 g/mol. The van der Waals surface area contributed by atoms with Crippen molar-refractivity contribution in [2.24, 2.45) is 10.8 Å². The lowest BCUT2D eigenvalue weighted by Crippen LogP contribution is -2.24. The first-order valence-corrected chi connectivity index (χ1v) is 5.36. The van der Waals surface area contributed by atoms with Crippen molar-refractivity contribution in [2.45, 2.75) is 0 Å². The molecule has 0 spiro atoms. The van der Waals surface area contributed by atoms with Crippen LogP contribution in [0.4, 0.5) is 4.79 Å². The highest BCUT2D eigenvalue weighted by molar-refractivity contribution is 5.85. The molecule has 1 heterocycles. The Morgan fingerprint density at radius 2 is 2.06 bits per heavy atom. The molecule has 0 atom stereocenters. The molecule has 0 radical (unpaired) electrons. The summed E-state index contributed by atoms with van der Waals surface area (Å²) in [6.45, 7) is 2.11. The minimum Gasteiger partial charge on any atom is -0.367 e. The quantitative estimate of drug-likeness (QED) is 0.460. The molecule has 0 aliphatic carbocycles. The number of amides is 2. The third-order valence-corrected chi connectivity index (χ3v) is 2.34. The third-order valence-electron chi connectivity index (χ3n) is 2.34. The zero-order chi connectivity index (χ0) is 12.1. The van der Waals surface area contributed by atoms with E-state index in [0.29, 0.717) is 0 Å². The molecule has 1 aliphatic heterocycles. The molecule has 1 fully saturated rings. The topological polar surface area (TPSA) is 70.5 Å². The van der Waals surface area contributed by atoms with Crippen LogP contribution in [0, 0.1) is 0 Å². The fourth-order valence-electron chi connectivity index (χ4n) is 1.49. The Kier molecular flexibility index (Phi) is 3.40. The summed E-state index contributed by atoms with van der Waals surface area (Å²) >= 11 is 0. The summed E-state index contributed by atoms with van der Waals surface area (Å²) in [5.74, 6) is 0. The number of nitrogens with one attached hydrogen (secondary N) is 1. The van der Waals surface area contributed by atoms with Gasteiger partial charge in [0.25, 0.3) is 0 Å². The molecule has 5 heteroatoms. The van der Waals surface area contributed by atoms with E-state index >= 15 is 0 Å². The van der Waals surface area contributed by atoms with Gasteiger partial charge in [0.2, 0.25) is 0 Å². The standard InChI is InChI=1S/C12H14N4O/c13-12(17)15-14-7-6-11(16-8-9-16)10-4-2-1-3-5-10/h1-7H,8-9H2,(H3,13,15,17)/b11-6-,14-7+. The maximum absolute atomic E-state index is 10.4. The van der Waals surface area contributed by atoms with Crippen molar-refractivity contribution < 1.29 is 4.79 Å². The molecule has 0 bridgehead atoms. The fourth-order valence-corrected chi connectivity index (χ4v) is 1.49. The van der Waals surface area contributed by atoms with Crippen molar-refractivity contribution in [3.63, 3.8) is 0 Å². The molecule has 1 saturated heterocycles. The molecule has 1 aromatic rings. The van der Waals surface area contributed by atoms with Crippen LogP contribution in [0.3, 0.4) is 0 Å². The number of allylic oxidation sites excluding steroid dienone is 1. The number of hydrogen-bond acceptors (Lipinski definition) is 3. The van der Waals surface area contributed by atoms with Gasteiger partial charge in [-0.05, 0) is 11.6 Å². The van der Waals surface area contributed by atoms with Crippen LogP contribution in [0.1, 0.15) is 5.56 Å². The first-order chi connectivity index (χ1) is 8.27. The summed E-state index contributed by atoms with van der Waals surface area (Å²) in [6, 6.07) is 9.38. The van der Waals surface area contributed by atoms with Gasteiger partial charge in [0, 0.05) is 25.0 Å². The number of urea groups is 1. The molecule has 0 unspecified atom stereocenters. The number of hydrazone groups is 1. The lowest BCUT2D eigenvalue weighted by molar-refractivity contribution is 0.249. The van der Waals surface area contributed by atoms with E-state index < -0.39 is 6.03 Å². The van der Waals surface area contributed by atoms with Gasteiger partial charge in [0.15, 0.2) is 0 Å². The van der Waals surface area contributed by atoms with Gasteiger partial charge in [0.05, 0.1) is 0 Å². The summed E-state index contributed by atoms with van der Waals surface area (Å²) in [6.07, 6.45) is 3.39. The Hall–Kier alpha value is -2.30. The number of benzene rings is 1. The maximum Gasteiger partial charge on any atom is 0.332 e. The van der Waals surface area contributed by atoms with Crippen molar-refractivity contribution >= 4 is 17.9 Å². The van der Waals surface area contributed by atoms with Crippen LogP contribution in [0.15, 0.2) is 41.5 Å². The predicted molar refractivity (Wildman–Crippen MR) is 67.2 cm³/mol. The van der Waals surface area contributed by atoms with Gasteiger partial charge < -0.3 is 10.6 Å². The molecule has 1 aromatic carbocycles. The predicted octanol–water partition coefficient (Wildman–Crippen LogP) is 0.997. The highest BCUT2D eigenvalue weighted by Gasteiger charge is 2.20. The van der Waals surface area contributed by atoms with Crippen LogP contribution in [-0.2, 0) is 0 Å². The van der Waals surface area contributed by atoms with Gasteiger partial charge in [-0.3, -0.25) is 0 Å². The van der Waals surface area contributed by atoms with Gasteiger partial charge in [0.1, 0.15) is 0 Å². The molecule has 17 heavy (non-hydrogen) atoms. The van der Waals surface area contributed by atoms with Gasteiger partial charge in [-0.15, -0.1) is 0 Å². The normalized spacial score (nSPS) is 15.1. The Morgan fingerprint density at radius 1 is 1.35 bits per heavy atom. The van der Waals surface area contributed by atoms with Crippen LogP contribution >= 0.6 is 0 Å².